The van der Waals surface area contributed by atoms with Crippen LogP contribution in [0.4, 0.5) is 13.2 Å². The topological polar surface area (TPSA) is 0 Å². The van der Waals surface area contributed by atoms with Crippen LogP contribution in [0.3, 0.4) is 0 Å². The number of benzene rings is 3. The molecule has 3 aromatic carbocycles. The molecule has 0 amide bonds. The largest absolute Gasteiger partial charge is 0.206 e. The molecular weight excluding hydrogens is 405 g/mol. The fourth-order valence-electron chi connectivity index (χ4n) is 4.43. The Kier molecular flexibility index (Phi) is 6.64. The van der Waals surface area contributed by atoms with Gasteiger partial charge in [0, 0.05) is 11.1 Å². The molecule has 32 heavy (non-hydrogen) atoms. The molecule has 1 unspecified atom stereocenters. The zero-order valence-electron chi connectivity index (χ0n) is 18.5. The van der Waals surface area contributed by atoms with Crippen molar-refractivity contribution in [3.63, 3.8) is 0 Å². The van der Waals surface area contributed by atoms with E-state index in [9.17, 15) is 13.2 Å². The van der Waals surface area contributed by atoms with Crippen LogP contribution in [-0.4, -0.2) is 0 Å². The Morgan fingerprint density at radius 3 is 2.09 bits per heavy atom. The van der Waals surface area contributed by atoms with Gasteiger partial charge in [-0.2, -0.15) is 0 Å². The van der Waals surface area contributed by atoms with Gasteiger partial charge in [-0.15, -0.1) is 0 Å². The van der Waals surface area contributed by atoms with Gasteiger partial charge in [0.05, 0.1) is 0 Å². The molecule has 4 rings (SSSR count). The summed E-state index contributed by atoms with van der Waals surface area (Å²) in [4.78, 5) is 0. The SMILES string of the molecule is CC=CC1CC=C(c2ccc(-c3ccc(-c4ccc(CC)c(F)c4F)cc3)c(F)c2)CC1. The Labute approximate surface area is 188 Å². The van der Waals surface area contributed by atoms with Gasteiger partial charge in [-0.3, -0.25) is 0 Å². The average Bonchev–Trinajstić information content (AvgIpc) is 2.82. The summed E-state index contributed by atoms with van der Waals surface area (Å²) < 4.78 is 43.6. The Morgan fingerprint density at radius 1 is 0.844 bits per heavy atom. The van der Waals surface area contributed by atoms with Crippen molar-refractivity contribution in [1.82, 2.24) is 0 Å². The van der Waals surface area contributed by atoms with Gasteiger partial charge < -0.3 is 0 Å². The summed E-state index contributed by atoms with van der Waals surface area (Å²) in [6.45, 7) is 3.83. The highest BCUT2D eigenvalue weighted by atomic mass is 19.2. The maximum Gasteiger partial charge on any atom is 0.166 e. The van der Waals surface area contributed by atoms with Crippen LogP contribution >= 0.6 is 0 Å². The quantitative estimate of drug-likeness (QED) is 0.354. The Morgan fingerprint density at radius 2 is 1.50 bits per heavy atom. The monoisotopic (exact) mass is 432 g/mol. The Bertz CT molecular complexity index is 1170. The molecule has 0 bridgehead atoms. The van der Waals surface area contributed by atoms with Crippen LogP contribution in [0.2, 0.25) is 0 Å². The predicted molar refractivity (Wildman–Crippen MR) is 127 cm³/mol. The molecule has 0 aromatic heterocycles. The van der Waals surface area contributed by atoms with Crippen molar-refractivity contribution in [3.05, 3.63) is 101 Å². The second-order valence-electron chi connectivity index (χ2n) is 8.32. The van der Waals surface area contributed by atoms with Gasteiger partial charge in [-0.1, -0.05) is 73.7 Å². The standard InChI is InChI=1S/C29H27F3/c1-3-5-19-6-8-21(9-7-19)24-15-16-25(27(30)18-24)22-10-12-23(13-11-22)26-17-14-20(4-2)28(31)29(26)32/h3,5,8,10-19H,4,6-7,9H2,1-2H3. The summed E-state index contributed by atoms with van der Waals surface area (Å²) in [5.41, 5.74) is 4.45. The van der Waals surface area contributed by atoms with Crippen LogP contribution in [0.15, 0.2) is 72.8 Å². The molecule has 164 valence electrons. The first kappa shape index (κ1) is 22.1. The highest BCUT2D eigenvalue weighted by Gasteiger charge is 2.16. The lowest BCUT2D eigenvalue weighted by Gasteiger charge is -2.20. The lowest BCUT2D eigenvalue weighted by Crippen LogP contribution is -2.02. The van der Waals surface area contributed by atoms with E-state index in [0.717, 1.165) is 24.8 Å². The summed E-state index contributed by atoms with van der Waals surface area (Å²) in [5.74, 6) is -1.35. The van der Waals surface area contributed by atoms with Crippen molar-refractivity contribution < 1.29 is 13.2 Å². The van der Waals surface area contributed by atoms with E-state index in [4.69, 9.17) is 0 Å². The first-order valence-electron chi connectivity index (χ1n) is 11.2. The van der Waals surface area contributed by atoms with Crippen LogP contribution in [0.25, 0.3) is 27.8 Å². The molecule has 3 aromatic rings. The fourth-order valence-corrected chi connectivity index (χ4v) is 4.43. The molecule has 0 radical (unpaired) electrons. The van der Waals surface area contributed by atoms with Crippen molar-refractivity contribution in [1.29, 1.82) is 0 Å². The summed E-state index contributed by atoms with van der Waals surface area (Å²) in [6.07, 6.45) is 9.99. The third-order valence-electron chi connectivity index (χ3n) is 6.31. The number of aryl methyl sites for hydroxylation is 1. The summed E-state index contributed by atoms with van der Waals surface area (Å²) >= 11 is 0. The highest BCUT2D eigenvalue weighted by molar-refractivity contribution is 5.74. The summed E-state index contributed by atoms with van der Waals surface area (Å²) in [7, 11) is 0. The highest BCUT2D eigenvalue weighted by Crippen LogP contribution is 2.34. The third kappa shape index (κ3) is 4.43. The van der Waals surface area contributed by atoms with Crippen LogP contribution in [0, 0.1) is 23.4 Å². The van der Waals surface area contributed by atoms with Crippen molar-refractivity contribution in [2.24, 2.45) is 5.92 Å². The zero-order valence-corrected chi connectivity index (χ0v) is 18.5. The number of halogens is 3. The van der Waals surface area contributed by atoms with E-state index in [1.165, 1.54) is 5.57 Å². The van der Waals surface area contributed by atoms with Crippen LogP contribution < -0.4 is 0 Å². The van der Waals surface area contributed by atoms with E-state index in [-0.39, 0.29) is 11.4 Å². The predicted octanol–water partition coefficient (Wildman–Crippen LogP) is 8.76. The summed E-state index contributed by atoms with van der Waals surface area (Å²) in [6, 6.07) is 15.5. The molecule has 1 aliphatic carbocycles. The molecule has 0 N–H and O–H groups in total. The fraction of sp³-hybridized carbons (Fsp3) is 0.241. The Balaban J connectivity index is 1.57. The minimum absolute atomic E-state index is 0.211. The van der Waals surface area contributed by atoms with Gasteiger partial charge in [-0.05, 0) is 72.4 Å². The summed E-state index contributed by atoms with van der Waals surface area (Å²) in [5, 5.41) is 0. The maximum atomic E-state index is 15.0. The van der Waals surface area contributed by atoms with Crippen LogP contribution in [0.1, 0.15) is 44.2 Å². The van der Waals surface area contributed by atoms with E-state index < -0.39 is 11.6 Å². The lowest BCUT2D eigenvalue weighted by molar-refractivity contribution is 0.502. The smallest absolute Gasteiger partial charge is 0.166 e. The molecule has 1 atom stereocenters. The number of hydrogen-bond donors (Lipinski definition) is 0. The minimum atomic E-state index is -0.843. The molecule has 0 saturated heterocycles. The van der Waals surface area contributed by atoms with Gasteiger partial charge in [0.1, 0.15) is 5.82 Å². The lowest BCUT2D eigenvalue weighted by atomic mass is 9.86. The number of hydrogen-bond acceptors (Lipinski definition) is 0. The first-order chi connectivity index (χ1) is 15.5. The second-order valence-corrected chi connectivity index (χ2v) is 8.32. The van der Waals surface area contributed by atoms with Crippen molar-refractivity contribution >= 4 is 5.57 Å². The van der Waals surface area contributed by atoms with Crippen molar-refractivity contribution in [2.45, 2.75) is 39.5 Å². The normalized spacial score (nSPS) is 16.4. The van der Waals surface area contributed by atoms with Crippen LogP contribution in [0.5, 0.6) is 0 Å². The maximum absolute atomic E-state index is 15.0. The van der Waals surface area contributed by atoms with Gasteiger partial charge in [0.25, 0.3) is 0 Å². The number of rotatable bonds is 5. The minimum Gasteiger partial charge on any atom is -0.206 e. The molecule has 3 heteroatoms. The van der Waals surface area contributed by atoms with Crippen molar-refractivity contribution in [3.8, 4) is 22.3 Å². The molecule has 0 aliphatic heterocycles. The van der Waals surface area contributed by atoms with E-state index in [0.29, 0.717) is 34.6 Å². The van der Waals surface area contributed by atoms with Crippen LogP contribution in [-0.2, 0) is 6.42 Å². The Hall–Kier alpha value is -3.07. The third-order valence-corrected chi connectivity index (χ3v) is 6.31. The molecule has 0 heterocycles. The molecular formula is C29H27F3. The molecule has 0 saturated carbocycles. The van der Waals surface area contributed by atoms with E-state index in [1.54, 1.807) is 55.5 Å². The zero-order chi connectivity index (χ0) is 22.7. The van der Waals surface area contributed by atoms with Crippen molar-refractivity contribution in [2.75, 3.05) is 0 Å². The molecule has 0 fully saturated rings. The molecule has 1 aliphatic rings. The average molecular weight is 433 g/mol. The van der Waals surface area contributed by atoms with Gasteiger partial charge in [0.2, 0.25) is 0 Å². The van der Waals surface area contributed by atoms with E-state index in [1.807, 2.05) is 13.0 Å². The molecule has 0 nitrogen and oxygen atoms in total. The van der Waals surface area contributed by atoms with Gasteiger partial charge >= 0.3 is 0 Å². The van der Waals surface area contributed by atoms with E-state index >= 15 is 0 Å². The van der Waals surface area contributed by atoms with Gasteiger partial charge in [-0.25, -0.2) is 13.2 Å². The second kappa shape index (κ2) is 9.60. The first-order valence-corrected chi connectivity index (χ1v) is 11.2. The number of allylic oxidation sites excluding steroid dienone is 4. The van der Waals surface area contributed by atoms with E-state index in [2.05, 4.69) is 18.2 Å². The van der Waals surface area contributed by atoms with Gasteiger partial charge in [0.15, 0.2) is 11.6 Å². The molecule has 0 spiro atoms.